The third kappa shape index (κ3) is 11.6. The number of aromatic hydroxyl groups is 1. The fourth-order valence-electron chi connectivity index (χ4n) is 6.32. The first-order valence-corrected chi connectivity index (χ1v) is 24.4. The van der Waals surface area contributed by atoms with Crippen LogP contribution in [-0.2, 0) is 57.5 Å². The zero-order chi connectivity index (χ0) is 50.2. The number of phenols is 1. The van der Waals surface area contributed by atoms with Gasteiger partial charge in [0, 0.05) is 28.7 Å². The van der Waals surface area contributed by atoms with Crippen LogP contribution in [0.4, 0.5) is 52.0 Å². The van der Waals surface area contributed by atoms with Crippen LogP contribution in [0.15, 0.2) is 125 Å². The number of ether oxygens (including phenoxy) is 1. The van der Waals surface area contributed by atoms with Crippen LogP contribution in [0.5, 0.6) is 23.0 Å². The number of aliphatic hydroxyl groups excluding tert-OH is 1. The summed E-state index contributed by atoms with van der Waals surface area (Å²) in [6.45, 7) is -0.442. The number of aromatic nitrogens is 3. The van der Waals surface area contributed by atoms with E-state index in [2.05, 4.69) is 51.4 Å². The van der Waals surface area contributed by atoms with Crippen molar-refractivity contribution in [2.24, 2.45) is 20.5 Å². The second-order valence-electron chi connectivity index (χ2n) is 13.9. The van der Waals surface area contributed by atoms with Crippen LogP contribution >= 0.6 is 0 Å². The summed E-state index contributed by atoms with van der Waals surface area (Å²) in [5, 5.41) is 68.0. The van der Waals surface area contributed by atoms with E-state index in [4.69, 9.17) is 4.74 Å². The second-order valence-corrected chi connectivity index (χ2v) is 19.3. The Morgan fingerprint density at radius 2 is 1.16 bits per heavy atom. The van der Waals surface area contributed by atoms with Gasteiger partial charge in [-0.05, 0) is 77.5 Å². The Hall–Kier alpha value is -7.23. The summed E-state index contributed by atoms with van der Waals surface area (Å²) in [4.78, 5) is 8.70. The number of nitrogens with one attached hydrogen (secondary N) is 3. The number of azo groups is 2. The number of anilines is 5. The van der Waals surface area contributed by atoms with Crippen LogP contribution in [-0.4, -0.2) is 97.3 Å². The van der Waals surface area contributed by atoms with Crippen molar-refractivity contribution in [3.05, 3.63) is 84.9 Å². The molecule has 0 aliphatic rings. The molecule has 0 aliphatic heterocycles. The molecule has 5 N–H and O–H groups in total. The van der Waals surface area contributed by atoms with E-state index < -0.39 is 100 Å². The minimum atomic E-state index is -5.52. The molecule has 1 heterocycles. The van der Waals surface area contributed by atoms with Gasteiger partial charge in [-0.25, -0.2) is 33.7 Å². The minimum absolute atomic E-state index is 0. The number of methoxy groups -OCH3 is 1. The van der Waals surface area contributed by atoms with Crippen LogP contribution in [0.1, 0.15) is 0 Å². The maximum atomic E-state index is 13.2. The molecule has 1 radical (unpaired) electrons. The van der Waals surface area contributed by atoms with Gasteiger partial charge in [-0.2, -0.15) is 20.1 Å². The van der Waals surface area contributed by atoms with E-state index in [1.807, 2.05) is 0 Å². The first kappa shape index (κ1) is 52.1. The summed E-state index contributed by atoms with van der Waals surface area (Å²) in [6.07, 6.45) is 0. The van der Waals surface area contributed by atoms with Gasteiger partial charge in [0.15, 0.2) is 5.75 Å². The minimum Gasteiger partial charge on any atom is -0.871 e. The maximum absolute atomic E-state index is 13.2. The van der Waals surface area contributed by atoms with Crippen LogP contribution in [0.3, 0.4) is 0 Å². The van der Waals surface area contributed by atoms with Gasteiger partial charge >= 0.3 is 17.1 Å². The van der Waals surface area contributed by atoms with Crippen molar-refractivity contribution in [2.75, 3.05) is 36.2 Å². The molecule has 0 aliphatic carbocycles. The molecule has 0 bridgehead atoms. The van der Waals surface area contributed by atoms with Gasteiger partial charge in [-0.3, -0.25) is 0 Å². The Morgan fingerprint density at radius 3 is 1.73 bits per heavy atom. The Morgan fingerprint density at radius 1 is 0.586 bits per heavy atom. The van der Waals surface area contributed by atoms with Gasteiger partial charge in [0.25, 0.3) is 0 Å². The molecule has 27 nitrogen and oxygen atoms in total. The van der Waals surface area contributed by atoms with Crippen molar-refractivity contribution in [3.8, 4) is 23.0 Å². The summed E-state index contributed by atoms with van der Waals surface area (Å²) in [6, 6.07) is 14.2. The van der Waals surface area contributed by atoms with Crippen molar-refractivity contribution in [2.45, 2.75) is 19.6 Å². The molecule has 7 rings (SSSR count). The molecule has 1 aromatic heterocycles. The molecular weight excluding hydrogens is 1060 g/mol. The number of aliphatic hydroxyl groups is 1. The van der Waals surface area contributed by atoms with E-state index in [1.54, 1.807) is 0 Å². The predicted molar refractivity (Wildman–Crippen MR) is 230 cm³/mol. The normalized spacial score (nSPS) is 12.4. The molecule has 0 unspecified atom stereocenters. The zero-order valence-corrected chi connectivity index (χ0v) is 38.8. The maximum Gasteiger partial charge on any atom is 2.00 e. The molecule has 7 aromatic rings. The average molecular weight is 1090 g/mol. The summed E-state index contributed by atoms with van der Waals surface area (Å²) in [5.74, 6) is -3.64. The average Bonchev–Trinajstić information content (AvgIpc) is 3.26. The summed E-state index contributed by atoms with van der Waals surface area (Å²) < 4.78 is 150. The summed E-state index contributed by atoms with van der Waals surface area (Å²) in [5.41, 5.74) is -3.04. The van der Waals surface area contributed by atoms with Crippen molar-refractivity contribution >= 4 is 114 Å². The third-order valence-electron chi connectivity index (χ3n) is 9.32. The Bertz CT molecular complexity index is 3780. The fourth-order valence-corrected chi connectivity index (χ4v) is 8.91. The van der Waals surface area contributed by atoms with E-state index in [0.717, 1.165) is 30.3 Å². The Labute approximate surface area is 405 Å². The molecule has 0 saturated heterocycles. The SMILES string of the molecule is COc1ccc(N=Nc2c(S(=O)(=O)[O-])cc3cc(Nc4nc(NCCO)nc(Nc5ccc6c(S(=O)(=O)[O-])c(N=Nc7cc(S(=O)(=O)[O-])ccc7[O-])c([O-])cc6c5)n4)ccc3c2O)c(S(=O)(=O)[O-])c1.[Cu+2]. The first-order valence-electron chi connectivity index (χ1n) is 18.7. The molecule has 70 heavy (non-hydrogen) atoms. The Balaban J connectivity index is 0.00000804. The van der Waals surface area contributed by atoms with E-state index >= 15 is 0 Å². The quantitative estimate of drug-likeness (QED) is 0.0526. The smallest absolute Gasteiger partial charge is 0.871 e. The van der Waals surface area contributed by atoms with E-state index in [9.17, 15) is 72.3 Å². The molecule has 0 amide bonds. The number of fused-ring (bicyclic) bond motifs is 2. The van der Waals surface area contributed by atoms with E-state index in [0.29, 0.717) is 18.2 Å². The molecule has 0 spiro atoms. The van der Waals surface area contributed by atoms with Gasteiger partial charge in [0.1, 0.15) is 57.6 Å². The molecule has 0 fully saturated rings. The van der Waals surface area contributed by atoms with Crippen molar-refractivity contribution < 1.29 is 94.1 Å². The molecular formula is C38H26CuN10O17S4-4. The van der Waals surface area contributed by atoms with Crippen LogP contribution in [0.2, 0.25) is 0 Å². The number of phenolic OH excluding ortho intramolecular Hbond substituents is 1. The monoisotopic (exact) mass is 1080 g/mol. The zero-order valence-electron chi connectivity index (χ0n) is 34.6. The fraction of sp³-hybridized carbons (Fsp3) is 0.0789. The van der Waals surface area contributed by atoms with Crippen molar-refractivity contribution in [1.82, 2.24) is 15.0 Å². The van der Waals surface area contributed by atoms with Gasteiger partial charge in [0.2, 0.25) is 17.8 Å². The molecule has 0 saturated carbocycles. The summed E-state index contributed by atoms with van der Waals surface area (Å²) in [7, 11) is -20.0. The predicted octanol–water partition coefficient (Wildman–Crippen LogP) is 3.38. The summed E-state index contributed by atoms with van der Waals surface area (Å²) >= 11 is 0. The van der Waals surface area contributed by atoms with E-state index in [-0.39, 0.29) is 86.7 Å². The molecule has 6 aromatic carbocycles. The standard InChI is InChI=1S/C38H32N10O17S4.Cu/c1-65-22-4-8-26(30(16-22)67(56,57)58)45-48-33-31(68(59,60)61)15-19-13-20(2-6-24(19)34(33)52)40-37-42-36(39-10-11-49)43-38(44-37)41-21-3-7-25-18(12-21)14-29(51)32(35(25)69(62,63)64)47-46-27-17-23(66(53,54)55)5-9-28(27)50;/h2-9,12-17,49-52H,10-11H2,1H3,(H,53,54,55)(H,56,57,58)(H,59,60,61)(H,62,63,64)(H3,39,40,41,42,43,44);/q;+2/p-6. The van der Waals surface area contributed by atoms with Gasteiger partial charge < -0.3 is 59.3 Å². The van der Waals surface area contributed by atoms with Gasteiger partial charge in [-0.1, -0.05) is 29.7 Å². The third-order valence-corrected chi connectivity index (χ3v) is 12.8. The number of nitrogens with zero attached hydrogens (tertiary/aromatic N) is 7. The van der Waals surface area contributed by atoms with Gasteiger partial charge in [-0.15, -0.1) is 15.3 Å². The molecule has 369 valence electrons. The number of rotatable bonds is 16. The van der Waals surface area contributed by atoms with Crippen molar-refractivity contribution in [1.29, 1.82) is 0 Å². The largest absolute Gasteiger partial charge is 2.00 e. The van der Waals surface area contributed by atoms with Crippen LogP contribution in [0, 0.1) is 0 Å². The van der Waals surface area contributed by atoms with Crippen LogP contribution in [0.25, 0.3) is 21.5 Å². The molecule has 0 atom stereocenters. The number of hydrogen-bond acceptors (Lipinski definition) is 27. The second kappa shape index (κ2) is 20.0. The van der Waals surface area contributed by atoms with Crippen molar-refractivity contribution in [3.63, 3.8) is 0 Å². The topological polar surface area (TPSA) is 449 Å². The van der Waals surface area contributed by atoms with Gasteiger partial charge in [0.05, 0.1) is 44.7 Å². The number of hydrogen-bond donors (Lipinski definition) is 5. The Kier molecular flexibility index (Phi) is 14.9. The van der Waals surface area contributed by atoms with Crippen LogP contribution < -0.4 is 30.9 Å². The first-order chi connectivity index (χ1) is 32.3. The van der Waals surface area contributed by atoms with E-state index in [1.165, 1.54) is 43.5 Å². The number of benzene rings is 6. The molecule has 32 heteroatoms.